The van der Waals surface area contributed by atoms with Gasteiger partial charge in [0.05, 0.1) is 6.04 Å². The van der Waals surface area contributed by atoms with Crippen LogP contribution in [0.4, 0.5) is 4.39 Å². The third-order valence-corrected chi connectivity index (χ3v) is 1.28. The van der Waals surface area contributed by atoms with Gasteiger partial charge < -0.3 is 5.32 Å². The summed E-state index contributed by atoms with van der Waals surface area (Å²) in [6.45, 7) is 0.980. The molecule has 1 unspecified atom stereocenters. The highest BCUT2D eigenvalue weighted by Crippen LogP contribution is 1.91. The molecular weight excluding hydrogens is 121 g/mol. The Morgan fingerprint density at radius 1 is 1.78 bits per heavy atom. The molecule has 0 saturated heterocycles. The highest BCUT2D eigenvalue weighted by Gasteiger charge is 2.11. The second-order valence-electron chi connectivity index (χ2n) is 1.85. The minimum atomic E-state index is -0.862. The first-order valence-corrected chi connectivity index (χ1v) is 3.02. The van der Waals surface area contributed by atoms with Crippen LogP contribution in [0.2, 0.25) is 0 Å². The molecule has 9 heavy (non-hydrogen) atoms. The molecule has 54 valence electrons. The maximum absolute atomic E-state index is 11.6. The van der Waals surface area contributed by atoms with Crippen LogP contribution in [0, 0.1) is 0 Å². The predicted octanol–water partition coefficient (Wildman–Crippen LogP) is 0.523. The molecule has 0 heterocycles. The number of hydrogen-bond acceptors (Lipinski definition) is 2. The second-order valence-corrected chi connectivity index (χ2v) is 1.85. The van der Waals surface area contributed by atoms with Crippen molar-refractivity contribution < 1.29 is 9.18 Å². The van der Waals surface area contributed by atoms with Gasteiger partial charge in [-0.15, -0.1) is 0 Å². The molecule has 0 aliphatic carbocycles. The molecule has 0 saturated carbocycles. The highest BCUT2D eigenvalue weighted by molar-refractivity contribution is 5.84. The molecule has 0 spiro atoms. The summed E-state index contributed by atoms with van der Waals surface area (Å²) in [6, 6.07) is -0.296. The van der Waals surface area contributed by atoms with Crippen molar-refractivity contribution in [3.05, 3.63) is 0 Å². The second kappa shape index (κ2) is 4.44. The van der Waals surface area contributed by atoms with Crippen molar-refractivity contribution in [2.24, 2.45) is 0 Å². The Morgan fingerprint density at radius 3 is 2.44 bits per heavy atom. The number of carbonyl (C=O) groups excluding carboxylic acids is 1. The molecule has 0 aromatic heterocycles. The van der Waals surface area contributed by atoms with Crippen molar-refractivity contribution in [1.82, 2.24) is 5.32 Å². The van der Waals surface area contributed by atoms with Gasteiger partial charge in [0.15, 0.2) is 5.78 Å². The quantitative estimate of drug-likeness (QED) is 0.606. The van der Waals surface area contributed by atoms with E-state index in [1.807, 2.05) is 6.92 Å². The average Bonchev–Trinajstić information content (AvgIpc) is 1.90. The van der Waals surface area contributed by atoms with Crippen LogP contribution in [-0.4, -0.2) is 25.5 Å². The molecular formula is C6H12FNO. The van der Waals surface area contributed by atoms with Gasteiger partial charge in [-0.25, -0.2) is 4.39 Å². The Bertz CT molecular complexity index is 91.1. The summed E-state index contributed by atoms with van der Waals surface area (Å²) in [6.07, 6.45) is 0.652. The van der Waals surface area contributed by atoms with Gasteiger partial charge in [0, 0.05) is 0 Å². The standard InChI is InChI=1S/C6H12FNO/c1-3-5(8-2)6(9)4-7/h5,8H,3-4H2,1-2H3. The van der Waals surface area contributed by atoms with Gasteiger partial charge >= 0.3 is 0 Å². The van der Waals surface area contributed by atoms with Gasteiger partial charge in [0.25, 0.3) is 0 Å². The first-order chi connectivity index (χ1) is 4.26. The smallest absolute Gasteiger partial charge is 0.180 e. The number of rotatable bonds is 4. The van der Waals surface area contributed by atoms with E-state index in [1.54, 1.807) is 7.05 Å². The highest BCUT2D eigenvalue weighted by atomic mass is 19.1. The van der Waals surface area contributed by atoms with E-state index in [2.05, 4.69) is 5.32 Å². The maximum Gasteiger partial charge on any atom is 0.180 e. The third kappa shape index (κ3) is 2.56. The van der Waals surface area contributed by atoms with Crippen LogP contribution in [0.25, 0.3) is 0 Å². The van der Waals surface area contributed by atoms with E-state index in [0.717, 1.165) is 0 Å². The molecule has 0 amide bonds. The molecule has 1 atom stereocenters. The zero-order valence-corrected chi connectivity index (χ0v) is 5.78. The molecule has 0 aromatic rings. The maximum atomic E-state index is 11.6. The van der Waals surface area contributed by atoms with Crippen LogP contribution in [0.3, 0.4) is 0 Å². The molecule has 3 heteroatoms. The molecule has 0 aliphatic rings. The molecule has 0 rings (SSSR count). The normalized spacial score (nSPS) is 13.2. The fraction of sp³-hybridized carbons (Fsp3) is 0.833. The summed E-state index contributed by atoms with van der Waals surface area (Å²) in [5, 5.41) is 2.71. The number of halogens is 1. The van der Waals surface area contributed by atoms with Crippen molar-refractivity contribution in [3.63, 3.8) is 0 Å². The van der Waals surface area contributed by atoms with Crippen molar-refractivity contribution in [2.45, 2.75) is 19.4 Å². The van der Waals surface area contributed by atoms with Crippen LogP contribution < -0.4 is 5.32 Å². The number of hydrogen-bond donors (Lipinski definition) is 1. The van der Waals surface area contributed by atoms with Gasteiger partial charge in [0.1, 0.15) is 6.67 Å². The summed E-state index contributed by atoms with van der Waals surface area (Å²) in [7, 11) is 1.65. The number of likely N-dealkylation sites (N-methyl/N-ethyl adjacent to an activating group) is 1. The molecule has 0 aliphatic heterocycles. The Morgan fingerprint density at radius 2 is 2.33 bits per heavy atom. The van der Waals surface area contributed by atoms with Crippen LogP contribution in [0.5, 0.6) is 0 Å². The summed E-state index contributed by atoms with van der Waals surface area (Å²) in [5.41, 5.74) is 0. The fourth-order valence-electron chi connectivity index (χ4n) is 0.686. The van der Waals surface area contributed by atoms with E-state index >= 15 is 0 Å². The molecule has 0 fully saturated rings. The van der Waals surface area contributed by atoms with Crippen LogP contribution in [0.1, 0.15) is 13.3 Å². The lowest BCUT2D eigenvalue weighted by atomic mass is 10.1. The van der Waals surface area contributed by atoms with Crippen molar-refractivity contribution in [3.8, 4) is 0 Å². The summed E-state index contributed by atoms with van der Waals surface area (Å²) in [4.78, 5) is 10.5. The number of carbonyl (C=O) groups is 1. The van der Waals surface area contributed by atoms with Gasteiger partial charge in [-0.1, -0.05) is 6.92 Å². The molecule has 0 bridgehead atoms. The predicted molar refractivity (Wildman–Crippen MR) is 34.1 cm³/mol. The van der Waals surface area contributed by atoms with E-state index in [0.29, 0.717) is 6.42 Å². The average molecular weight is 133 g/mol. The van der Waals surface area contributed by atoms with Gasteiger partial charge in [-0.3, -0.25) is 4.79 Å². The lowest BCUT2D eigenvalue weighted by Crippen LogP contribution is -2.34. The molecule has 1 N–H and O–H groups in total. The SMILES string of the molecule is CCC(NC)C(=O)CF. The minimum absolute atomic E-state index is 0.296. The zero-order chi connectivity index (χ0) is 7.28. The minimum Gasteiger partial charge on any atom is -0.310 e. The van der Waals surface area contributed by atoms with E-state index in [1.165, 1.54) is 0 Å². The van der Waals surface area contributed by atoms with Gasteiger partial charge in [-0.2, -0.15) is 0 Å². The summed E-state index contributed by atoms with van der Waals surface area (Å²) in [5.74, 6) is -0.361. The Kier molecular flexibility index (Phi) is 4.22. The zero-order valence-electron chi connectivity index (χ0n) is 5.78. The Balaban J connectivity index is 3.64. The molecule has 0 radical (unpaired) electrons. The van der Waals surface area contributed by atoms with Crippen molar-refractivity contribution in [1.29, 1.82) is 0 Å². The molecule has 2 nitrogen and oxygen atoms in total. The first kappa shape index (κ1) is 8.56. The number of Topliss-reactive ketones (excluding diaryl/α,β-unsaturated/α-hetero) is 1. The van der Waals surface area contributed by atoms with Crippen LogP contribution in [-0.2, 0) is 4.79 Å². The van der Waals surface area contributed by atoms with Gasteiger partial charge in [0.2, 0.25) is 0 Å². The monoisotopic (exact) mass is 133 g/mol. The number of alkyl halides is 1. The fourth-order valence-corrected chi connectivity index (χ4v) is 0.686. The third-order valence-electron chi connectivity index (χ3n) is 1.28. The largest absolute Gasteiger partial charge is 0.310 e. The number of nitrogens with one attached hydrogen (secondary N) is 1. The van der Waals surface area contributed by atoms with Crippen molar-refractivity contribution in [2.75, 3.05) is 13.7 Å². The molecule has 0 aromatic carbocycles. The Hall–Kier alpha value is -0.440. The van der Waals surface area contributed by atoms with Crippen molar-refractivity contribution >= 4 is 5.78 Å². The van der Waals surface area contributed by atoms with Crippen LogP contribution >= 0.6 is 0 Å². The summed E-state index contributed by atoms with van der Waals surface area (Å²) < 4.78 is 11.6. The number of ketones is 1. The van der Waals surface area contributed by atoms with Gasteiger partial charge in [-0.05, 0) is 13.5 Å². The van der Waals surface area contributed by atoms with E-state index in [4.69, 9.17) is 0 Å². The van der Waals surface area contributed by atoms with E-state index in [-0.39, 0.29) is 11.8 Å². The lowest BCUT2D eigenvalue weighted by molar-refractivity contribution is -0.121. The van der Waals surface area contributed by atoms with E-state index < -0.39 is 6.67 Å². The lowest BCUT2D eigenvalue weighted by Gasteiger charge is -2.08. The van der Waals surface area contributed by atoms with Crippen LogP contribution in [0.15, 0.2) is 0 Å². The van der Waals surface area contributed by atoms with E-state index in [9.17, 15) is 9.18 Å². The topological polar surface area (TPSA) is 29.1 Å². The Labute approximate surface area is 54.4 Å². The first-order valence-electron chi connectivity index (χ1n) is 3.02. The summed E-state index contributed by atoms with van der Waals surface area (Å²) >= 11 is 0.